The monoisotopic (exact) mass is 423 g/mol. The maximum atomic E-state index is 12.6. The lowest BCUT2D eigenvalue weighted by atomic mass is 9.86. The largest absolute Gasteiger partial charge is 0.350 e. The van der Waals surface area contributed by atoms with Gasteiger partial charge in [-0.15, -0.1) is 0 Å². The number of hydrogen-bond acceptors (Lipinski definition) is 4. The molecule has 0 saturated heterocycles. The predicted molar refractivity (Wildman–Crippen MR) is 115 cm³/mol. The zero-order valence-electron chi connectivity index (χ0n) is 17.9. The maximum Gasteiger partial charge on any atom is 0.251 e. The predicted octanol–water partition coefficient (Wildman–Crippen LogP) is 3.04. The average Bonchev–Trinajstić information content (AvgIpc) is 2.61. The van der Waals surface area contributed by atoms with E-state index in [9.17, 15) is 18.0 Å². The summed E-state index contributed by atoms with van der Waals surface area (Å²) in [6.07, 6.45) is 2.56. The molecule has 0 unspecified atom stereocenters. The fraction of sp³-hybridized carbons (Fsp3) is 0.619. The number of rotatable bonds is 6. The molecule has 3 N–H and O–H groups in total. The van der Waals surface area contributed by atoms with Crippen LogP contribution >= 0.6 is 0 Å². The number of benzene rings is 1. The lowest BCUT2D eigenvalue weighted by molar-refractivity contribution is -0.120. The third-order valence-electron chi connectivity index (χ3n) is 5.06. The molecular weight excluding hydrogens is 390 g/mol. The van der Waals surface area contributed by atoms with E-state index in [0.29, 0.717) is 36.9 Å². The molecule has 8 heteroatoms. The van der Waals surface area contributed by atoms with Gasteiger partial charge in [0, 0.05) is 29.3 Å². The minimum absolute atomic E-state index is 0.0601. The summed E-state index contributed by atoms with van der Waals surface area (Å²) in [6.45, 7) is 8.81. The number of anilines is 1. The third kappa shape index (κ3) is 6.54. The Bertz CT molecular complexity index is 818. The maximum absolute atomic E-state index is 12.6. The van der Waals surface area contributed by atoms with Crippen LogP contribution in [0.4, 0.5) is 5.69 Å². The number of hydrogen-bond donors (Lipinski definition) is 3. The smallest absolute Gasteiger partial charge is 0.251 e. The van der Waals surface area contributed by atoms with Crippen LogP contribution in [0.5, 0.6) is 0 Å². The van der Waals surface area contributed by atoms with Crippen molar-refractivity contribution in [3.05, 3.63) is 29.8 Å². The molecule has 1 aromatic rings. The van der Waals surface area contributed by atoms with Gasteiger partial charge >= 0.3 is 0 Å². The highest BCUT2D eigenvalue weighted by Gasteiger charge is 2.34. The van der Waals surface area contributed by atoms with Crippen molar-refractivity contribution in [2.45, 2.75) is 77.1 Å². The minimum atomic E-state index is -3.39. The number of carbonyl (C=O) groups excluding carboxylic acids is 2. The third-order valence-corrected chi connectivity index (χ3v) is 7.32. The minimum Gasteiger partial charge on any atom is -0.350 e. The van der Waals surface area contributed by atoms with Crippen molar-refractivity contribution in [2.24, 2.45) is 5.92 Å². The molecule has 0 aromatic heterocycles. The fourth-order valence-corrected chi connectivity index (χ4v) is 4.19. The lowest BCUT2D eigenvalue weighted by Crippen LogP contribution is -2.46. The van der Waals surface area contributed by atoms with Gasteiger partial charge < -0.3 is 10.6 Å². The highest BCUT2D eigenvalue weighted by Crippen LogP contribution is 2.27. The molecule has 0 bridgehead atoms. The van der Waals surface area contributed by atoms with Crippen molar-refractivity contribution in [2.75, 3.05) is 5.32 Å². The molecule has 7 nitrogen and oxygen atoms in total. The molecule has 0 spiro atoms. The van der Waals surface area contributed by atoms with Gasteiger partial charge in [0.1, 0.15) is 0 Å². The summed E-state index contributed by atoms with van der Waals surface area (Å²) in [6, 6.07) is 6.75. The molecule has 0 radical (unpaired) electrons. The summed E-state index contributed by atoms with van der Waals surface area (Å²) in [5.74, 6) is -0.357. The van der Waals surface area contributed by atoms with E-state index in [2.05, 4.69) is 15.4 Å². The van der Waals surface area contributed by atoms with Gasteiger partial charge in [-0.25, -0.2) is 13.1 Å². The van der Waals surface area contributed by atoms with Gasteiger partial charge in [-0.05, 0) is 84.6 Å². The number of sulfonamides is 1. The van der Waals surface area contributed by atoms with E-state index in [1.54, 1.807) is 45.0 Å². The van der Waals surface area contributed by atoms with E-state index in [1.165, 1.54) is 0 Å². The Labute approximate surface area is 174 Å². The average molecular weight is 424 g/mol. The van der Waals surface area contributed by atoms with Gasteiger partial charge in [-0.3, -0.25) is 9.59 Å². The first-order valence-corrected chi connectivity index (χ1v) is 11.6. The van der Waals surface area contributed by atoms with Crippen LogP contribution in [-0.2, 0) is 14.8 Å². The Kier molecular flexibility index (Phi) is 7.45. The van der Waals surface area contributed by atoms with E-state index in [0.717, 1.165) is 0 Å². The zero-order chi connectivity index (χ0) is 21.8. The molecule has 2 amide bonds. The molecule has 1 fully saturated rings. The fourth-order valence-electron chi connectivity index (χ4n) is 3.16. The standard InChI is InChI=1S/C21H33N3O4S/c1-14(2)22-19(25)15-6-10-17(11-7-15)23-20(26)16-8-12-18(13-9-16)24-29(27,28)21(3,4)5/h6-7,10-11,14,16,18,24H,8-9,12-13H2,1-5H3,(H,22,25)(H,23,26). The summed E-state index contributed by atoms with van der Waals surface area (Å²) in [4.78, 5) is 24.5. The van der Waals surface area contributed by atoms with Crippen molar-refractivity contribution in [1.29, 1.82) is 0 Å². The van der Waals surface area contributed by atoms with E-state index >= 15 is 0 Å². The first-order chi connectivity index (χ1) is 13.4. The molecule has 1 aliphatic carbocycles. The quantitative estimate of drug-likeness (QED) is 0.654. The molecule has 0 atom stereocenters. The van der Waals surface area contributed by atoms with Gasteiger partial charge in [-0.1, -0.05) is 0 Å². The molecule has 1 saturated carbocycles. The Balaban J connectivity index is 1.86. The van der Waals surface area contributed by atoms with Crippen LogP contribution in [-0.4, -0.2) is 37.1 Å². The molecular formula is C21H33N3O4S. The second-order valence-corrected chi connectivity index (χ2v) is 11.4. The summed E-state index contributed by atoms with van der Waals surface area (Å²) in [5.41, 5.74) is 1.19. The summed E-state index contributed by atoms with van der Waals surface area (Å²) in [7, 11) is -3.39. The van der Waals surface area contributed by atoms with Gasteiger partial charge in [0.25, 0.3) is 5.91 Å². The van der Waals surface area contributed by atoms with E-state index in [4.69, 9.17) is 0 Å². The molecule has 1 aliphatic rings. The molecule has 2 rings (SSSR count). The number of carbonyl (C=O) groups is 2. The van der Waals surface area contributed by atoms with Crippen LogP contribution < -0.4 is 15.4 Å². The molecule has 0 aliphatic heterocycles. The van der Waals surface area contributed by atoms with Crippen molar-refractivity contribution in [3.63, 3.8) is 0 Å². The second kappa shape index (κ2) is 9.26. The molecule has 29 heavy (non-hydrogen) atoms. The number of nitrogens with one attached hydrogen (secondary N) is 3. The SMILES string of the molecule is CC(C)NC(=O)c1ccc(NC(=O)C2CCC(NS(=O)(=O)C(C)(C)C)CC2)cc1. The van der Waals surface area contributed by atoms with Crippen molar-refractivity contribution in [1.82, 2.24) is 10.0 Å². The number of amides is 2. The van der Waals surface area contributed by atoms with Crippen LogP contribution in [0.25, 0.3) is 0 Å². The molecule has 1 aromatic carbocycles. The first kappa shape index (κ1) is 23.3. The van der Waals surface area contributed by atoms with Crippen LogP contribution in [0.3, 0.4) is 0 Å². The van der Waals surface area contributed by atoms with Crippen molar-refractivity contribution >= 4 is 27.5 Å². The Morgan fingerprint density at radius 3 is 2.03 bits per heavy atom. The van der Waals surface area contributed by atoms with E-state index in [-0.39, 0.29) is 29.8 Å². The topological polar surface area (TPSA) is 104 Å². The van der Waals surface area contributed by atoms with Crippen LogP contribution in [0.2, 0.25) is 0 Å². The van der Waals surface area contributed by atoms with E-state index < -0.39 is 14.8 Å². The normalized spacial score (nSPS) is 20.3. The first-order valence-electron chi connectivity index (χ1n) is 10.1. The van der Waals surface area contributed by atoms with Crippen LogP contribution in [0.1, 0.15) is 70.7 Å². The molecule has 162 valence electrons. The zero-order valence-corrected chi connectivity index (χ0v) is 18.7. The van der Waals surface area contributed by atoms with Gasteiger partial charge in [-0.2, -0.15) is 0 Å². The highest BCUT2D eigenvalue weighted by atomic mass is 32.2. The van der Waals surface area contributed by atoms with E-state index in [1.807, 2.05) is 13.8 Å². The molecule has 0 heterocycles. The Hall–Kier alpha value is -1.93. The summed E-state index contributed by atoms with van der Waals surface area (Å²) in [5, 5.41) is 5.72. The van der Waals surface area contributed by atoms with Crippen molar-refractivity contribution in [3.8, 4) is 0 Å². The lowest BCUT2D eigenvalue weighted by Gasteiger charge is -2.30. The van der Waals surface area contributed by atoms with Crippen molar-refractivity contribution < 1.29 is 18.0 Å². The van der Waals surface area contributed by atoms with Gasteiger partial charge in [0.15, 0.2) is 0 Å². The van der Waals surface area contributed by atoms with Crippen LogP contribution in [0.15, 0.2) is 24.3 Å². The van der Waals surface area contributed by atoms with Crippen LogP contribution in [0, 0.1) is 5.92 Å². The van der Waals surface area contributed by atoms with Gasteiger partial charge in [0.2, 0.25) is 15.9 Å². The summed E-state index contributed by atoms with van der Waals surface area (Å²) < 4.78 is 26.5. The summed E-state index contributed by atoms with van der Waals surface area (Å²) >= 11 is 0. The second-order valence-electron chi connectivity index (χ2n) is 8.98. The Morgan fingerprint density at radius 1 is 1.00 bits per heavy atom. The Morgan fingerprint density at radius 2 is 1.55 bits per heavy atom. The van der Waals surface area contributed by atoms with Gasteiger partial charge in [0.05, 0.1) is 4.75 Å². The highest BCUT2D eigenvalue weighted by molar-refractivity contribution is 7.90.